The molecule has 28 heavy (non-hydrogen) atoms. The van der Waals surface area contributed by atoms with Gasteiger partial charge in [0.15, 0.2) is 0 Å². The number of halogens is 3. The van der Waals surface area contributed by atoms with E-state index in [4.69, 9.17) is 0 Å². The lowest BCUT2D eigenvalue weighted by Gasteiger charge is -2.38. The molecular formula is C24H33F3O. The third-order valence-corrected chi connectivity index (χ3v) is 7.26. The Morgan fingerprint density at radius 1 is 0.786 bits per heavy atom. The van der Waals surface area contributed by atoms with Gasteiger partial charge in [-0.3, -0.25) is 0 Å². The van der Waals surface area contributed by atoms with Gasteiger partial charge in [0, 0.05) is 6.42 Å². The smallest absolute Gasteiger partial charge is 0.303 e. The highest BCUT2D eigenvalue weighted by atomic mass is 19.4. The summed E-state index contributed by atoms with van der Waals surface area (Å²) in [6, 6.07) is 5.68. The van der Waals surface area contributed by atoms with Gasteiger partial charge in [0.05, 0.1) is 5.56 Å². The second-order valence-corrected chi connectivity index (χ2v) is 9.04. The van der Waals surface area contributed by atoms with Crippen LogP contribution in [0, 0.1) is 23.7 Å². The molecule has 2 saturated carbocycles. The Hall–Kier alpha value is -1.32. The summed E-state index contributed by atoms with van der Waals surface area (Å²) in [5, 5.41) is 0. The van der Waals surface area contributed by atoms with Crippen molar-refractivity contribution in [2.24, 2.45) is 23.7 Å². The van der Waals surface area contributed by atoms with Crippen molar-refractivity contribution in [2.45, 2.75) is 83.2 Å². The van der Waals surface area contributed by atoms with Crippen LogP contribution >= 0.6 is 0 Å². The number of carbonyl (C=O) groups excluding carboxylic acids is 1. The zero-order valence-corrected chi connectivity index (χ0v) is 16.7. The second-order valence-electron chi connectivity index (χ2n) is 9.04. The molecule has 0 heterocycles. The number of rotatable bonds is 7. The van der Waals surface area contributed by atoms with Gasteiger partial charge in [-0.2, -0.15) is 13.2 Å². The summed E-state index contributed by atoms with van der Waals surface area (Å²) in [7, 11) is 0. The summed E-state index contributed by atoms with van der Waals surface area (Å²) in [4.78, 5) is 10.5. The van der Waals surface area contributed by atoms with Gasteiger partial charge in [0.25, 0.3) is 0 Å². The first-order chi connectivity index (χ1) is 13.5. The SMILES string of the molecule is O=CCCC1CCC(C2CCC(CCc3ccc(C(F)(F)F)cc3)CC2)CC1. The molecule has 3 rings (SSSR count). The van der Waals surface area contributed by atoms with Gasteiger partial charge in [-0.25, -0.2) is 0 Å². The zero-order chi connectivity index (χ0) is 20.0. The molecule has 2 aliphatic rings. The Labute approximate surface area is 167 Å². The van der Waals surface area contributed by atoms with E-state index in [0.717, 1.165) is 61.2 Å². The number of benzene rings is 1. The first-order valence-corrected chi connectivity index (χ1v) is 11.1. The van der Waals surface area contributed by atoms with E-state index >= 15 is 0 Å². The molecule has 0 radical (unpaired) electrons. The lowest BCUT2D eigenvalue weighted by Crippen LogP contribution is -2.26. The standard InChI is InChI=1S/C24H33F3O/c25-24(26,27)23-15-9-20(10-16-23)4-3-19-7-13-22(14-8-19)21-11-5-18(6-12-21)2-1-17-28/h9-10,15-19,21-22H,1-8,11-14H2. The normalized spacial score (nSPS) is 28.8. The van der Waals surface area contributed by atoms with Gasteiger partial charge >= 0.3 is 6.18 Å². The van der Waals surface area contributed by atoms with E-state index in [1.54, 1.807) is 12.1 Å². The Bertz CT molecular complexity index is 591. The Balaban J connectivity index is 1.36. The highest BCUT2D eigenvalue weighted by Crippen LogP contribution is 2.43. The maximum absolute atomic E-state index is 12.6. The maximum atomic E-state index is 12.6. The molecule has 2 fully saturated rings. The van der Waals surface area contributed by atoms with Crippen LogP contribution in [0.3, 0.4) is 0 Å². The van der Waals surface area contributed by atoms with Crippen molar-refractivity contribution >= 4 is 6.29 Å². The van der Waals surface area contributed by atoms with Crippen LogP contribution < -0.4 is 0 Å². The minimum atomic E-state index is -4.25. The van der Waals surface area contributed by atoms with E-state index in [-0.39, 0.29) is 0 Å². The summed E-state index contributed by atoms with van der Waals surface area (Å²) < 4.78 is 37.9. The molecule has 0 atom stereocenters. The molecule has 156 valence electrons. The predicted molar refractivity (Wildman–Crippen MR) is 106 cm³/mol. The second kappa shape index (κ2) is 9.93. The Morgan fingerprint density at radius 2 is 1.29 bits per heavy atom. The van der Waals surface area contributed by atoms with E-state index in [1.807, 2.05) is 0 Å². The van der Waals surface area contributed by atoms with Crippen molar-refractivity contribution in [3.8, 4) is 0 Å². The zero-order valence-electron chi connectivity index (χ0n) is 16.7. The minimum absolute atomic E-state index is 0.558. The molecule has 0 aromatic heterocycles. The van der Waals surface area contributed by atoms with Crippen LogP contribution in [-0.4, -0.2) is 6.29 Å². The first-order valence-electron chi connectivity index (χ1n) is 11.1. The van der Waals surface area contributed by atoms with Crippen LogP contribution in [0.15, 0.2) is 24.3 Å². The summed E-state index contributed by atoms with van der Waals surface area (Å²) in [6.07, 6.45) is 11.0. The van der Waals surface area contributed by atoms with Gasteiger partial charge in [-0.15, -0.1) is 0 Å². The van der Waals surface area contributed by atoms with Gasteiger partial charge in [-0.05, 0) is 86.3 Å². The van der Waals surface area contributed by atoms with Gasteiger partial charge in [0.2, 0.25) is 0 Å². The van der Waals surface area contributed by atoms with Crippen LogP contribution in [0.5, 0.6) is 0 Å². The summed E-state index contributed by atoms with van der Waals surface area (Å²) in [5.41, 5.74) is 0.460. The van der Waals surface area contributed by atoms with Gasteiger partial charge in [-0.1, -0.05) is 37.8 Å². The predicted octanol–water partition coefficient (Wildman–Crippen LogP) is 7.23. The average molecular weight is 395 g/mol. The van der Waals surface area contributed by atoms with E-state index in [1.165, 1.54) is 63.5 Å². The molecule has 1 aromatic carbocycles. The molecule has 4 heteroatoms. The monoisotopic (exact) mass is 394 g/mol. The van der Waals surface area contributed by atoms with Crippen molar-refractivity contribution in [3.63, 3.8) is 0 Å². The Kier molecular flexibility index (Phi) is 7.59. The fourth-order valence-corrected chi connectivity index (χ4v) is 5.43. The van der Waals surface area contributed by atoms with E-state index in [0.29, 0.717) is 0 Å². The molecule has 2 aliphatic carbocycles. The maximum Gasteiger partial charge on any atom is 0.416 e. The molecule has 0 saturated heterocycles. The lowest BCUT2D eigenvalue weighted by molar-refractivity contribution is -0.137. The van der Waals surface area contributed by atoms with E-state index in [9.17, 15) is 18.0 Å². The molecule has 0 aliphatic heterocycles. The number of alkyl halides is 3. The number of aldehydes is 1. The van der Waals surface area contributed by atoms with Crippen LogP contribution in [0.1, 0.15) is 81.8 Å². The van der Waals surface area contributed by atoms with Gasteiger partial charge < -0.3 is 4.79 Å². The fourth-order valence-electron chi connectivity index (χ4n) is 5.43. The fraction of sp³-hybridized carbons (Fsp3) is 0.708. The molecule has 0 spiro atoms. The van der Waals surface area contributed by atoms with Crippen LogP contribution in [0.4, 0.5) is 13.2 Å². The number of carbonyl (C=O) groups is 1. The van der Waals surface area contributed by atoms with Crippen molar-refractivity contribution in [1.29, 1.82) is 0 Å². The molecular weight excluding hydrogens is 361 g/mol. The van der Waals surface area contributed by atoms with Crippen LogP contribution in [0.2, 0.25) is 0 Å². The largest absolute Gasteiger partial charge is 0.416 e. The van der Waals surface area contributed by atoms with Crippen LogP contribution in [0.25, 0.3) is 0 Å². The highest BCUT2D eigenvalue weighted by Gasteiger charge is 2.31. The summed E-state index contributed by atoms with van der Waals surface area (Å²) in [6.45, 7) is 0. The molecule has 1 aromatic rings. The lowest BCUT2D eigenvalue weighted by atomic mass is 9.68. The van der Waals surface area contributed by atoms with Crippen molar-refractivity contribution in [1.82, 2.24) is 0 Å². The number of aryl methyl sites for hydroxylation is 1. The third-order valence-electron chi connectivity index (χ3n) is 7.26. The highest BCUT2D eigenvalue weighted by molar-refractivity contribution is 5.49. The number of hydrogen-bond acceptors (Lipinski definition) is 1. The van der Waals surface area contributed by atoms with Crippen molar-refractivity contribution < 1.29 is 18.0 Å². The summed E-state index contributed by atoms with van der Waals surface area (Å²) in [5.74, 6) is 3.24. The van der Waals surface area contributed by atoms with E-state index < -0.39 is 11.7 Å². The molecule has 0 bridgehead atoms. The average Bonchev–Trinajstić information content (AvgIpc) is 2.71. The van der Waals surface area contributed by atoms with Crippen molar-refractivity contribution in [3.05, 3.63) is 35.4 Å². The molecule has 1 nitrogen and oxygen atoms in total. The summed E-state index contributed by atoms with van der Waals surface area (Å²) >= 11 is 0. The minimum Gasteiger partial charge on any atom is -0.303 e. The first kappa shape index (κ1) is 21.4. The molecule has 0 N–H and O–H groups in total. The molecule has 0 amide bonds. The van der Waals surface area contributed by atoms with Crippen molar-refractivity contribution in [2.75, 3.05) is 0 Å². The Morgan fingerprint density at radius 3 is 1.75 bits per heavy atom. The number of hydrogen-bond donors (Lipinski definition) is 0. The van der Waals surface area contributed by atoms with Crippen LogP contribution in [-0.2, 0) is 17.4 Å². The van der Waals surface area contributed by atoms with E-state index in [2.05, 4.69) is 0 Å². The molecule has 0 unspecified atom stereocenters. The third kappa shape index (κ3) is 6.09. The topological polar surface area (TPSA) is 17.1 Å². The quantitative estimate of drug-likeness (QED) is 0.446. The van der Waals surface area contributed by atoms with Gasteiger partial charge in [0.1, 0.15) is 6.29 Å².